The van der Waals surface area contributed by atoms with Crippen molar-refractivity contribution >= 4 is 11.8 Å². The van der Waals surface area contributed by atoms with Crippen molar-refractivity contribution in [1.29, 1.82) is 0 Å². The van der Waals surface area contributed by atoms with Gasteiger partial charge in [-0.3, -0.25) is 9.59 Å². The van der Waals surface area contributed by atoms with Crippen molar-refractivity contribution in [3.63, 3.8) is 0 Å². The van der Waals surface area contributed by atoms with Crippen molar-refractivity contribution < 1.29 is 14.3 Å². The fourth-order valence-corrected chi connectivity index (χ4v) is 2.46. The predicted octanol–water partition coefficient (Wildman–Crippen LogP) is 0.661. The van der Waals surface area contributed by atoms with Gasteiger partial charge < -0.3 is 20.3 Å². The van der Waals surface area contributed by atoms with Gasteiger partial charge in [0.25, 0.3) is 11.8 Å². The molecule has 1 heterocycles. The molecule has 2 N–H and O–H groups in total. The Morgan fingerprint density at radius 2 is 2.05 bits per heavy atom. The second-order valence-corrected chi connectivity index (χ2v) is 5.78. The van der Waals surface area contributed by atoms with Crippen LogP contribution in [-0.4, -0.2) is 57.1 Å². The average Bonchev–Trinajstić information content (AvgIpc) is 2.84. The topological polar surface area (TPSA) is 70.7 Å². The summed E-state index contributed by atoms with van der Waals surface area (Å²) in [5, 5.41) is 5.46. The lowest BCUT2D eigenvalue weighted by molar-refractivity contribution is 0.0951. The summed E-state index contributed by atoms with van der Waals surface area (Å²) in [7, 11) is 5.46. The molecule has 6 heteroatoms. The van der Waals surface area contributed by atoms with Gasteiger partial charge in [-0.25, -0.2) is 0 Å². The monoisotopic (exact) mass is 305 g/mol. The van der Waals surface area contributed by atoms with Crippen molar-refractivity contribution in [2.75, 3.05) is 34.2 Å². The summed E-state index contributed by atoms with van der Waals surface area (Å²) in [5.41, 5.74) is 1.82. The zero-order valence-corrected chi connectivity index (χ0v) is 13.5. The zero-order valence-electron chi connectivity index (χ0n) is 13.5. The van der Waals surface area contributed by atoms with Crippen molar-refractivity contribution in [3.05, 3.63) is 28.8 Å². The van der Waals surface area contributed by atoms with Crippen LogP contribution in [0.25, 0.3) is 0 Å². The van der Waals surface area contributed by atoms with E-state index in [2.05, 4.69) is 10.6 Å². The molecule has 1 atom stereocenters. The standard InChI is InChI=1S/C16H23N3O3/c1-10-7-11-8-12(15(20)18-5-6-19(3)4)9-13(14(11)22-10)16(21)17-2/h8-10H,5-7H2,1-4H3,(H,17,21)(H,18,20). The van der Waals surface area contributed by atoms with Crippen LogP contribution in [0, 0.1) is 0 Å². The first-order valence-corrected chi connectivity index (χ1v) is 7.41. The van der Waals surface area contributed by atoms with Crippen molar-refractivity contribution in [3.8, 4) is 5.75 Å². The van der Waals surface area contributed by atoms with Gasteiger partial charge in [-0.2, -0.15) is 0 Å². The Bertz CT molecular complexity index is 584. The highest BCUT2D eigenvalue weighted by molar-refractivity contribution is 6.02. The van der Waals surface area contributed by atoms with E-state index < -0.39 is 0 Å². The van der Waals surface area contributed by atoms with E-state index in [1.807, 2.05) is 32.0 Å². The summed E-state index contributed by atoms with van der Waals surface area (Å²) in [6.07, 6.45) is 0.725. The van der Waals surface area contributed by atoms with Crippen LogP contribution in [0.5, 0.6) is 5.75 Å². The first kappa shape index (κ1) is 16.3. The molecule has 2 rings (SSSR count). The maximum Gasteiger partial charge on any atom is 0.254 e. The van der Waals surface area contributed by atoms with Gasteiger partial charge in [-0.1, -0.05) is 0 Å². The van der Waals surface area contributed by atoms with Crippen LogP contribution in [0.4, 0.5) is 0 Å². The van der Waals surface area contributed by atoms with Gasteiger partial charge in [0.05, 0.1) is 5.56 Å². The highest BCUT2D eigenvalue weighted by atomic mass is 16.5. The fraction of sp³-hybridized carbons (Fsp3) is 0.500. The predicted molar refractivity (Wildman–Crippen MR) is 84.5 cm³/mol. The number of hydrogen-bond donors (Lipinski definition) is 2. The Kier molecular flexibility index (Phi) is 5.03. The molecule has 6 nitrogen and oxygen atoms in total. The molecule has 120 valence electrons. The third-order valence-corrected chi connectivity index (χ3v) is 3.57. The molecule has 1 aromatic rings. The number of benzene rings is 1. The lowest BCUT2D eigenvalue weighted by Crippen LogP contribution is -2.31. The second kappa shape index (κ2) is 6.79. The van der Waals surface area contributed by atoms with Crippen molar-refractivity contribution in [2.45, 2.75) is 19.4 Å². The molecule has 1 aliphatic rings. The smallest absolute Gasteiger partial charge is 0.254 e. The Morgan fingerprint density at radius 3 is 2.68 bits per heavy atom. The van der Waals surface area contributed by atoms with Crippen LogP contribution in [0.15, 0.2) is 12.1 Å². The van der Waals surface area contributed by atoms with E-state index >= 15 is 0 Å². The third kappa shape index (κ3) is 3.57. The Morgan fingerprint density at radius 1 is 1.32 bits per heavy atom. The molecule has 0 saturated carbocycles. The van der Waals surface area contributed by atoms with E-state index in [0.29, 0.717) is 29.8 Å². The number of rotatable bonds is 5. The van der Waals surface area contributed by atoms with E-state index in [1.54, 1.807) is 13.1 Å². The number of hydrogen-bond acceptors (Lipinski definition) is 4. The van der Waals surface area contributed by atoms with Gasteiger partial charge in [0.15, 0.2) is 0 Å². The van der Waals surface area contributed by atoms with Crippen LogP contribution >= 0.6 is 0 Å². The summed E-state index contributed by atoms with van der Waals surface area (Å²) >= 11 is 0. The summed E-state index contributed by atoms with van der Waals surface area (Å²) in [5.74, 6) is 0.180. The average molecular weight is 305 g/mol. The summed E-state index contributed by atoms with van der Waals surface area (Å²) in [6.45, 7) is 3.27. The lowest BCUT2D eigenvalue weighted by atomic mass is 10.0. The largest absolute Gasteiger partial charge is 0.489 e. The molecule has 0 aromatic heterocycles. The molecule has 1 unspecified atom stereocenters. The number of ether oxygens (including phenoxy) is 1. The number of carbonyl (C=O) groups excluding carboxylic acids is 2. The molecule has 1 aliphatic heterocycles. The minimum absolute atomic E-state index is 0.0189. The molecule has 1 aromatic carbocycles. The SMILES string of the molecule is CNC(=O)c1cc(C(=O)NCCN(C)C)cc2c1OC(C)C2. The fourth-order valence-electron chi connectivity index (χ4n) is 2.46. The third-order valence-electron chi connectivity index (χ3n) is 3.57. The van der Waals surface area contributed by atoms with Crippen molar-refractivity contribution in [1.82, 2.24) is 15.5 Å². The van der Waals surface area contributed by atoms with E-state index in [0.717, 1.165) is 12.1 Å². The zero-order chi connectivity index (χ0) is 16.3. The van der Waals surface area contributed by atoms with Gasteiger partial charge in [-0.05, 0) is 38.7 Å². The number of nitrogens with zero attached hydrogens (tertiary/aromatic N) is 1. The first-order chi connectivity index (χ1) is 10.4. The highest BCUT2D eigenvalue weighted by Crippen LogP contribution is 2.33. The molecule has 0 fully saturated rings. The van der Waals surface area contributed by atoms with Gasteiger partial charge in [0, 0.05) is 32.1 Å². The van der Waals surface area contributed by atoms with E-state index in [9.17, 15) is 9.59 Å². The van der Waals surface area contributed by atoms with Gasteiger partial charge in [0.2, 0.25) is 0 Å². The van der Waals surface area contributed by atoms with Gasteiger partial charge in [-0.15, -0.1) is 0 Å². The number of carbonyl (C=O) groups is 2. The second-order valence-electron chi connectivity index (χ2n) is 5.78. The molecular weight excluding hydrogens is 282 g/mol. The Labute approximate surface area is 130 Å². The summed E-state index contributed by atoms with van der Waals surface area (Å²) in [6, 6.07) is 3.41. The minimum atomic E-state index is -0.242. The molecule has 2 amide bonds. The van der Waals surface area contributed by atoms with Crippen LogP contribution in [0.1, 0.15) is 33.2 Å². The molecule has 0 radical (unpaired) electrons. The van der Waals surface area contributed by atoms with E-state index in [4.69, 9.17) is 4.74 Å². The first-order valence-electron chi connectivity index (χ1n) is 7.41. The van der Waals surface area contributed by atoms with E-state index in [1.165, 1.54) is 0 Å². The number of likely N-dealkylation sites (N-methyl/N-ethyl adjacent to an activating group) is 1. The maximum atomic E-state index is 12.3. The summed E-state index contributed by atoms with van der Waals surface area (Å²) in [4.78, 5) is 26.3. The van der Waals surface area contributed by atoms with Crippen LogP contribution < -0.4 is 15.4 Å². The number of nitrogens with one attached hydrogen (secondary N) is 2. The number of fused-ring (bicyclic) bond motifs is 1. The molecule has 0 bridgehead atoms. The quantitative estimate of drug-likeness (QED) is 0.838. The molecule has 0 aliphatic carbocycles. The molecule has 0 spiro atoms. The maximum absolute atomic E-state index is 12.3. The normalized spacial score (nSPS) is 16.1. The lowest BCUT2D eigenvalue weighted by Gasteiger charge is -2.12. The molecule has 22 heavy (non-hydrogen) atoms. The minimum Gasteiger partial charge on any atom is -0.489 e. The Balaban J connectivity index is 2.24. The van der Waals surface area contributed by atoms with Crippen molar-refractivity contribution in [2.24, 2.45) is 0 Å². The van der Waals surface area contributed by atoms with Gasteiger partial charge >= 0.3 is 0 Å². The van der Waals surface area contributed by atoms with Crippen LogP contribution in [0.3, 0.4) is 0 Å². The van der Waals surface area contributed by atoms with Gasteiger partial charge in [0.1, 0.15) is 11.9 Å². The summed E-state index contributed by atoms with van der Waals surface area (Å²) < 4.78 is 5.71. The van der Waals surface area contributed by atoms with Crippen LogP contribution in [-0.2, 0) is 6.42 Å². The molecular formula is C16H23N3O3. The Hall–Kier alpha value is -2.08. The highest BCUT2D eigenvalue weighted by Gasteiger charge is 2.27. The van der Waals surface area contributed by atoms with Crippen LogP contribution in [0.2, 0.25) is 0 Å². The molecule has 0 saturated heterocycles. The number of amides is 2. The van der Waals surface area contributed by atoms with E-state index in [-0.39, 0.29) is 17.9 Å².